The molecule has 0 bridgehead atoms. The third-order valence-corrected chi connectivity index (χ3v) is 5.47. The quantitative estimate of drug-likeness (QED) is 0.492. The highest BCUT2D eigenvalue weighted by molar-refractivity contribution is 7.90. The fraction of sp³-hybridized carbons (Fsp3) is 0.222. The third kappa shape index (κ3) is 4.66. The first kappa shape index (κ1) is 18.5. The summed E-state index contributed by atoms with van der Waals surface area (Å²) in [6, 6.07) is 17.2. The number of amidine groups is 1. The molecule has 0 unspecified atom stereocenters. The molecule has 8 heteroatoms. The highest BCUT2D eigenvalue weighted by Gasteiger charge is 2.19. The van der Waals surface area contributed by atoms with Gasteiger partial charge in [-0.1, -0.05) is 48.5 Å². The van der Waals surface area contributed by atoms with E-state index in [-0.39, 0.29) is 10.7 Å². The Labute approximate surface area is 158 Å². The Morgan fingerprint density at radius 1 is 1.00 bits per heavy atom. The van der Waals surface area contributed by atoms with Gasteiger partial charge in [0.1, 0.15) is 0 Å². The van der Waals surface area contributed by atoms with Crippen molar-refractivity contribution in [2.45, 2.75) is 4.90 Å². The maximum absolute atomic E-state index is 12.7. The van der Waals surface area contributed by atoms with E-state index in [2.05, 4.69) is 9.71 Å². The number of hydrogen-bond acceptors (Lipinski definition) is 4. The van der Waals surface area contributed by atoms with Crippen LogP contribution in [0.1, 0.15) is 5.56 Å². The summed E-state index contributed by atoms with van der Waals surface area (Å²) in [4.78, 5) is 2.07. The van der Waals surface area contributed by atoms with Crippen molar-refractivity contribution in [1.82, 2.24) is 10.2 Å². The Morgan fingerprint density at radius 2 is 1.58 bits per heavy atom. The van der Waals surface area contributed by atoms with Gasteiger partial charge in [0.25, 0.3) is 10.0 Å². The van der Waals surface area contributed by atoms with Crippen LogP contribution in [-0.2, 0) is 14.8 Å². The van der Waals surface area contributed by atoms with Crippen molar-refractivity contribution in [1.29, 1.82) is 0 Å². The van der Waals surface area contributed by atoms with Crippen molar-refractivity contribution in [3.8, 4) is 0 Å². The summed E-state index contributed by atoms with van der Waals surface area (Å²) in [5.41, 5.74) is 0.641. The van der Waals surface area contributed by atoms with Gasteiger partial charge >= 0.3 is 0 Å². The maximum Gasteiger partial charge on any atom is 0.284 e. The highest BCUT2D eigenvalue weighted by atomic mass is 32.2. The standard InChI is InChI=1S/C18H19N3O3S2/c22-26(23,16-9-5-2-6-10-16)20-17(15-7-3-1-4-8-15)19-18(25)21-11-13-24-14-12-21/h1-10H,11-14H2,(H,19,20,25). The molecule has 0 aromatic heterocycles. The summed E-state index contributed by atoms with van der Waals surface area (Å²) in [6.07, 6.45) is 0. The van der Waals surface area contributed by atoms with Gasteiger partial charge in [-0.25, -0.2) is 0 Å². The zero-order chi connectivity index (χ0) is 18.4. The molecule has 1 heterocycles. The average molecular weight is 390 g/mol. The van der Waals surface area contributed by atoms with E-state index in [1.54, 1.807) is 30.3 Å². The number of hydrogen-bond donors (Lipinski definition) is 1. The van der Waals surface area contributed by atoms with E-state index in [1.165, 1.54) is 12.1 Å². The van der Waals surface area contributed by atoms with Gasteiger partial charge in [-0.3, -0.25) is 0 Å². The van der Waals surface area contributed by atoms with Gasteiger partial charge in [-0.2, -0.15) is 8.42 Å². The molecule has 0 atom stereocenters. The van der Waals surface area contributed by atoms with E-state index in [9.17, 15) is 8.42 Å². The lowest BCUT2D eigenvalue weighted by atomic mass is 10.2. The fourth-order valence-electron chi connectivity index (χ4n) is 2.46. The number of sulfonamides is 1. The third-order valence-electron chi connectivity index (χ3n) is 3.82. The summed E-state index contributed by atoms with van der Waals surface area (Å²) < 4.78 is 34.7. The molecule has 26 heavy (non-hydrogen) atoms. The van der Waals surface area contributed by atoms with Gasteiger partial charge in [-0.15, -0.1) is 4.40 Å². The topological polar surface area (TPSA) is 71.0 Å². The fourth-order valence-corrected chi connectivity index (χ4v) is 3.73. The molecule has 0 amide bonds. The number of nitrogens with zero attached hydrogens (tertiary/aromatic N) is 2. The van der Waals surface area contributed by atoms with Gasteiger partial charge in [-0.05, 0) is 24.4 Å². The summed E-state index contributed by atoms with van der Waals surface area (Å²) in [5.74, 6) is 0.200. The lowest BCUT2D eigenvalue weighted by Gasteiger charge is -2.29. The highest BCUT2D eigenvalue weighted by Crippen LogP contribution is 2.13. The smallest absolute Gasteiger partial charge is 0.284 e. The van der Waals surface area contributed by atoms with Crippen LogP contribution in [0.5, 0.6) is 0 Å². The van der Waals surface area contributed by atoms with Gasteiger partial charge in [0.05, 0.1) is 18.1 Å². The molecular formula is C18H19N3O3S2. The van der Waals surface area contributed by atoms with Crippen molar-refractivity contribution >= 4 is 33.2 Å². The molecular weight excluding hydrogens is 370 g/mol. The summed E-state index contributed by atoms with van der Waals surface area (Å²) in [7, 11) is -3.86. The Morgan fingerprint density at radius 3 is 2.19 bits per heavy atom. The second-order valence-electron chi connectivity index (χ2n) is 5.62. The van der Waals surface area contributed by atoms with Crippen LogP contribution in [0.3, 0.4) is 0 Å². The molecule has 3 rings (SSSR count). The summed E-state index contributed by atoms with van der Waals surface area (Å²) in [5, 5.41) is 3.43. The van der Waals surface area contributed by atoms with E-state index in [4.69, 9.17) is 17.0 Å². The number of nitrogens with one attached hydrogen (secondary N) is 1. The Hall–Kier alpha value is -2.29. The first-order valence-corrected chi connectivity index (χ1v) is 10.0. The number of morpholine rings is 1. The predicted octanol–water partition coefficient (Wildman–Crippen LogP) is 2.03. The number of thiocarbonyl (C=S) groups is 1. The molecule has 0 radical (unpaired) electrons. The lowest BCUT2D eigenvalue weighted by Crippen LogP contribution is -2.48. The molecule has 1 N–H and O–H groups in total. The van der Waals surface area contributed by atoms with Crippen LogP contribution >= 0.6 is 12.2 Å². The van der Waals surface area contributed by atoms with Crippen molar-refractivity contribution in [3.63, 3.8) is 0 Å². The van der Waals surface area contributed by atoms with Crippen molar-refractivity contribution in [2.24, 2.45) is 4.40 Å². The van der Waals surface area contributed by atoms with Gasteiger partial charge in [0.2, 0.25) is 0 Å². The minimum atomic E-state index is -3.86. The molecule has 1 fully saturated rings. The monoisotopic (exact) mass is 389 g/mol. The van der Waals surface area contributed by atoms with Gasteiger partial charge < -0.3 is 15.0 Å². The molecule has 0 saturated carbocycles. The average Bonchev–Trinajstić information content (AvgIpc) is 2.69. The minimum Gasteiger partial charge on any atom is -0.378 e. The van der Waals surface area contributed by atoms with Crippen molar-refractivity contribution in [3.05, 3.63) is 66.2 Å². The largest absolute Gasteiger partial charge is 0.378 e. The Balaban J connectivity index is 1.92. The van der Waals surface area contributed by atoms with Gasteiger partial charge in [0.15, 0.2) is 10.9 Å². The van der Waals surface area contributed by atoms with Crippen molar-refractivity contribution < 1.29 is 13.2 Å². The lowest BCUT2D eigenvalue weighted by molar-refractivity contribution is 0.0681. The predicted molar refractivity (Wildman–Crippen MR) is 105 cm³/mol. The number of ether oxygens (including phenoxy) is 1. The number of benzene rings is 2. The minimum absolute atomic E-state index is 0.132. The van der Waals surface area contributed by atoms with Crippen LogP contribution in [0.4, 0.5) is 0 Å². The Kier molecular flexibility index (Phi) is 5.97. The molecule has 1 aliphatic rings. The molecule has 2 aromatic rings. The van der Waals surface area contributed by atoms with Crippen LogP contribution in [0.15, 0.2) is 70.0 Å². The van der Waals surface area contributed by atoms with Crippen LogP contribution in [0.2, 0.25) is 0 Å². The molecule has 2 aromatic carbocycles. The molecule has 0 aliphatic carbocycles. The van der Waals surface area contributed by atoms with Crippen LogP contribution in [-0.4, -0.2) is 50.6 Å². The van der Waals surface area contributed by atoms with Crippen LogP contribution in [0, 0.1) is 0 Å². The first-order valence-electron chi connectivity index (χ1n) is 8.15. The first-order chi connectivity index (χ1) is 12.6. The van der Waals surface area contributed by atoms with E-state index < -0.39 is 10.0 Å². The molecule has 6 nitrogen and oxygen atoms in total. The second kappa shape index (κ2) is 8.39. The maximum atomic E-state index is 12.7. The van der Waals surface area contributed by atoms with E-state index in [0.29, 0.717) is 37.0 Å². The number of rotatable bonds is 3. The molecule has 0 spiro atoms. The Bertz CT molecular complexity index is 878. The van der Waals surface area contributed by atoms with E-state index >= 15 is 0 Å². The molecule has 136 valence electrons. The van der Waals surface area contributed by atoms with Crippen molar-refractivity contribution in [2.75, 3.05) is 26.3 Å². The molecule has 1 saturated heterocycles. The second-order valence-corrected chi connectivity index (χ2v) is 7.61. The SMILES string of the molecule is O=S(=O)(N=C(NC(=S)N1CCOCC1)c1ccccc1)c1ccccc1. The van der Waals surface area contributed by atoms with Crippen LogP contribution < -0.4 is 5.32 Å². The van der Waals surface area contributed by atoms with E-state index in [1.807, 2.05) is 23.1 Å². The van der Waals surface area contributed by atoms with E-state index in [0.717, 1.165) is 0 Å². The zero-order valence-electron chi connectivity index (χ0n) is 14.0. The van der Waals surface area contributed by atoms with Crippen LogP contribution in [0.25, 0.3) is 0 Å². The normalized spacial score (nSPS) is 15.5. The van der Waals surface area contributed by atoms with Gasteiger partial charge in [0, 0.05) is 18.7 Å². The summed E-state index contributed by atoms with van der Waals surface area (Å²) in [6.45, 7) is 2.47. The zero-order valence-corrected chi connectivity index (χ0v) is 15.7. The summed E-state index contributed by atoms with van der Waals surface area (Å²) >= 11 is 5.44. The molecule has 1 aliphatic heterocycles.